The number of rotatable bonds is 6. The molecule has 0 aliphatic rings. The summed E-state index contributed by atoms with van der Waals surface area (Å²) in [5.41, 5.74) is 3.98. The number of thiophene rings is 1. The van der Waals surface area contributed by atoms with Gasteiger partial charge in [-0.1, -0.05) is 32.0 Å². The first-order valence-corrected chi connectivity index (χ1v) is 11.6. The second-order valence-electron chi connectivity index (χ2n) is 7.61. The zero-order chi connectivity index (χ0) is 21.3. The minimum Gasteiger partial charge on any atom is -0.325 e. The van der Waals surface area contributed by atoms with Crippen LogP contribution in [0, 0.1) is 20.8 Å². The number of nitrogens with zero attached hydrogens (tertiary/aromatic N) is 1. The third-order valence-electron chi connectivity index (χ3n) is 5.10. The molecule has 1 aromatic carbocycles. The molecule has 29 heavy (non-hydrogen) atoms. The van der Waals surface area contributed by atoms with Crippen LogP contribution in [-0.2, 0) is 10.5 Å². The van der Waals surface area contributed by atoms with Gasteiger partial charge in [0.1, 0.15) is 10.7 Å². The summed E-state index contributed by atoms with van der Waals surface area (Å²) < 4.78 is 0. The number of aromatic amines is 1. The Kier molecular flexibility index (Phi) is 6.49. The second-order valence-corrected chi connectivity index (χ2v) is 10.1. The molecule has 2 aromatic heterocycles. The highest BCUT2D eigenvalue weighted by Gasteiger charge is 2.18. The smallest absolute Gasteiger partial charge is 0.259 e. The maximum Gasteiger partial charge on any atom is 0.259 e. The monoisotopic (exact) mass is 429 g/mol. The van der Waals surface area contributed by atoms with Gasteiger partial charge < -0.3 is 10.3 Å². The number of para-hydroxylation sites is 1. The van der Waals surface area contributed by atoms with Crippen molar-refractivity contribution < 1.29 is 4.79 Å². The lowest BCUT2D eigenvalue weighted by atomic mass is 9.98. The van der Waals surface area contributed by atoms with E-state index in [0.29, 0.717) is 22.9 Å². The highest BCUT2D eigenvalue weighted by atomic mass is 32.2. The number of hydrogen-bond donors (Lipinski definition) is 2. The largest absolute Gasteiger partial charge is 0.325 e. The van der Waals surface area contributed by atoms with Gasteiger partial charge in [-0.3, -0.25) is 9.59 Å². The molecule has 0 aliphatic carbocycles. The number of fused-ring (bicyclic) bond motifs is 1. The summed E-state index contributed by atoms with van der Waals surface area (Å²) in [5, 5.41) is 3.50. The van der Waals surface area contributed by atoms with Crippen molar-refractivity contribution in [2.45, 2.75) is 58.5 Å². The predicted octanol–water partition coefficient (Wildman–Crippen LogP) is 5.29. The number of benzene rings is 1. The maximum absolute atomic E-state index is 12.8. The first-order chi connectivity index (χ1) is 13.7. The highest BCUT2D eigenvalue weighted by Crippen LogP contribution is 2.29. The lowest BCUT2D eigenvalue weighted by Gasteiger charge is -2.18. The number of thioether (sulfide) groups is 1. The highest BCUT2D eigenvalue weighted by molar-refractivity contribution is 7.99. The number of nitrogens with one attached hydrogen (secondary N) is 2. The van der Waals surface area contributed by atoms with Crippen molar-refractivity contribution in [1.29, 1.82) is 0 Å². The fraction of sp³-hybridized carbons (Fsp3) is 0.409. The molecule has 0 aliphatic heterocycles. The number of carbonyl (C=O) groups excluding carboxylic acids is 1. The lowest BCUT2D eigenvalue weighted by molar-refractivity contribution is -0.115. The Balaban J connectivity index is 1.72. The normalized spacial score (nSPS) is 12.5. The van der Waals surface area contributed by atoms with Crippen molar-refractivity contribution in [2.24, 2.45) is 0 Å². The van der Waals surface area contributed by atoms with Gasteiger partial charge in [0.05, 0.1) is 16.4 Å². The Morgan fingerprint density at radius 2 is 1.97 bits per heavy atom. The van der Waals surface area contributed by atoms with E-state index in [2.05, 4.69) is 35.2 Å². The van der Waals surface area contributed by atoms with Gasteiger partial charge >= 0.3 is 0 Å². The van der Waals surface area contributed by atoms with E-state index >= 15 is 0 Å². The molecule has 0 radical (unpaired) electrons. The van der Waals surface area contributed by atoms with Crippen LogP contribution < -0.4 is 10.9 Å². The maximum atomic E-state index is 12.8. The summed E-state index contributed by atoms with van der Waals surface area (Å²) in [6, 6.07) is 6.08. The van der Waals surface area contributed by atoms with E-state index < -0.39 is 0 Å². The molecule has 154 valence electrons. The molecule has 0 saturated heterocycles. The number of H-pyrrole nitrogens is 1. The Morgan fingerprint density at radius 3 is 2.66 bits per heavy atom. The SMILES string of the molecule is Cc1cccc(C(C)C)c1NC(=O)[C@@H](C)SCc1nc2sc(C)c(C)c2c(=O)[nH]1. The molecule has 2 N–H and O–H groups in total. The minimum absolute atomic E-state index is 0.0440. The van der Waals surface area contributed by atoms with Gasteiger partial charge in [-0.2, -0.15) is 0 Å². The second kappa shape index (κ2) is 8.71. The molecule has 1 atom stereocenters. The zero-order valence-electron chi connectivity index (χ0n) is 17.7. The van der Waals surface area contributed by atoms with Gasteiger partial charge in [0.2, 0.25) is 5.91 Å². The van der Waals surface area contributed by atoms with E-state index in [1.807, 2.05) is 39.8 Å². The Labute approximate surface area is 179 Å². The molecule has 3 aromatic rings. The first kappa shape index (κ1) is 21.6. The summed E-state index contributed by atoms with van der Waals surface area (Å²) in [6.45, 7) is 12.1. The van der Waals surface area contributed by atoms with Gasteiger partial charge in [0.25, 0.3) is 5.56 Å². The molecule has 5 nitrogen and oxygen atoms in total. The number of aryl methyl sites for hydroxylation is 3. The molecule has 3 rings (SSSR count). The number of aromatic nitrogens is 2. The molecule has 7 heteroatoms. The topological polar surface area (TPSA) is 74.8 Å². The van der Waals surface area contributed by atoms with Crippen molar-refractivity contribution in [2.75, 3.05) is 5.32 Å². The van der Waals surface area contributed by atoms with E-state index in [4.69, 9.17) is 0 Å². The van der Waals surface area contributed by atoms with Gasteiger partial charge in [0.15, 0.2) is 0 Å². The van der Waals surface area contributed by atoms with Crippen LogP contribution in [0.5, 0.6) is 0 Å². The van der Waals surface area contributed by atoms with Gasteiger partial charge in [0, 0.05) is 10.6 Å². The van der Waals surface area contributed by atoms with Crippen LogP contribution in [-0.4, -0.2) is 21.1 Å². The van der Waals surface area contributed by atoms with Gasteiger partial charge in [-0.25, -0.2) is 4.98 Å². The van der Waals surface area contributed by atoms with E-state index in [-0.39, 0.29) is 16.7 Å². The van der Waals surface area contributed by atoms with E-state index in [0.717, 1.165) is 32.1 Å². The fourth-order valence-electron chi connectivity index (χ4n) is 3.21. The van der Waals surface area contributed by atoms with Gasteiger partial charge in [-0.15, -0.1) is 23.1 Å². The third-order valence-corrected chi connectivity index (χ3v) is 7.36. The summed E-state index contributed by atoms with van der Waals surface area (Å²) >= 11 is 3.00. The predicted molar refractivity (Wildman–Crippen MR) is 124 cm³/mol. The number of hydrogen-bond acceptors (Lipinski definition) is 5. The van der Waals surface area contributed by atoms with E-state index in [9.17, 15) is 9.59 Å². The van der Waals surface area contributed by atoms with Crippen LogP contribution in [0.4, 0.5) is 5.69 Å². The van der Waals surface area contributed by atoms with Crippen LogP contribution in [0.25, 0.3) is 10.2 Å². The van der Waals surface area contributed by atoms with Crippen molar-refractivity contribution >= 4 is 44.9 Å². The number of carbonyl (C=O) groups is 1. The van der Waals surface area contributed by atoms with Crippen LogP contribution in [0.3, 0.4) is 0 Å². The Bertz CT molecular complexity index is 1120. The molecule has 0 unspecified atom stereocenters. The van der Waals surface area contributed by atoms with Crippen molar-refractivity contribution in [1.82, 2.24) is 9.97 Å². The van der Waals surface area contributed by atoms with E-state index in [1.165, 1.54) is 23.1 Å². The number of anilines is 1. The quantitative estimate of drug-likeness (QED) is 0.558. The first-order valence-electron chi connectivity index (χ1n) is 9.70. The van der Waals surface area contributed by atoms with Crippen LogP contribution >= 0.6 is 23.1 Å². The van der Waals surface area contributed by atoms with Crippen LogP contribution in [0.1, 0.15) is 54.1 Å². The summed E-state index contributed by atoms with van der Waals surface area (Å²) in [5.74, 6) is 1.36. The molecule has 1 amide bonds. The molecule has 0 bridgehead atoms. The summed E-state index contributed by atoms with van der Waals surface area (Å²) in [6.07, 6.45) is 0. The lowest BCUT2D eigenvalue weighted by Crippen LogP contribution is -2.24. The van der Waals surface area contributed by atoms with Crippen molar-refractivity contribution in [3.05, 3.63) is 55.9 Å². The van der Waals surface area contributed by atoms with Crippen LogP contribution in [0.15, 0.2) is 23.0 Å². The molecule has 2 heterocycles. The average molecular weight is 430 g/mol. The Morgan fingerprint density at radius 1 is 1.24 bits per heavy atom. The number of amides is 1. The Hall–Kier alpha value is -2.12. The summed E-state index contributed by atoms with van der Waals surface area (Å²) in [7, 11) is 0. The standard InChI is InChI=1S/C22H27N3O2S2/c1-11(2)16-9-7-8-12(3)19(16)25-20(26)15(6)28-10-17-23-21(27)18-13(4)14(5)29-22(18)24-17/h7-9,11,15H,10H2,1-6H3,(H,25,26)(H,23,24,27)/t15-/m1/s1. The molecule has 0 spiro atoms. The molecule has 0 saturated carbocycles. The van der Waals surface area contributed by atoms with Crippen molar-refractivity contribution in [3.8, 4) is 0 Å². The average Bonchev–Trinajstić information content (AvgIpc) is 2.95. The van der Waals surface area contributed by atoms with E-state index in [1.54, 1.807) is 0 Å². The fourth-order valence-corrected chi connectivity index (χ4v) is 5.02. The minimum atomic E-state index is -0.276. The molecular formula is C22H27N3O2S2. The van der Waals surface area contributed by atoms with Gasteiger partial charge in [-0.05, 0) is 50.3 Å². The molecule has 0 fully saturated rings. The summed E-state index contributed by atoms with van der Waals surface area (Å²) in [4.78, 5) is 34.5. The van der Waals surface area contributed by atoms with Crippen molar-refractivity contribution in [3.63, 3.8) is 0 Å². The third kappa shape index (κ3) is 4.56. The molecular weight excluding hydrogens is 402 g/mol. The van der Waals surface area contributed by atoms with Crippen LogP contribution in [0.2, 0.25) is 0 Å². The zero-order valence-corrected chi connectivity index (χ0v) is 19.3.